The third kappa shape index (κ3) is 5.42. The van der Waals surface area contributed by atoms with E-state index in [1.807, 2.05) is 43.1 Å². The Morgan fingerprint density at radius 1 is 1.14 bits per heavy atom. The Morgan fingerprint density at radius 2 is 1.83 bits per heavy atom. The maximum absolute atomic E-state index is 14.1. The fraction of sp³-hybridized carbons (Fsp3) is 0.393. The summed E-state index contributed by atoms with van der Waals surface area (Å²) in [6.45, 7) is 2.98. The van der Waals surface area contributed by atoms with Gasteiger partial charge in [-0.2, -0.15) is 5.10 Å². The van der Waals surface area contributed by atoms with Crippen LogP contribution in [0, 0.1) is 18.7 Å². The molecule has 0 aliphatic carbocycles. The Bertz CT molecular complexity index is 1220. The molecule has 1 saturated heterocycles. The number of aryl methyl sites for hydroxylation is 2. The quantitative estimate of drug-likeness (QED) is 0.498. The van der Waals surface area contributed by atoms with Crippen LogP contribution in [-0.2, 0) is 13.5 Å². The molecule has 2 heterocycles. The molecule has 2 amide bonds. The first-order valence-electron chi connectivity index (χ1n) is 12.2. The van der Waals surface area contributed by atoms with E-state index in [-0.39, 0.29) is 29.5 Å². The number of rotatable bonds is 7. The van der Waals surface area contributed by atoms with Crippen molar-refractivity contribution in [2.45, 2.75) is 32.2 Å². The Kier molecular flexibility index (Phi) is 7.72. The van der Waals surface area contributed by atoms with Crippen molar-refractivity contribution in [2.75, 3.05) is 27.2 Å². The second-order valence-corrected chi connectivity index (χ2v) is 9.45. The van der Waals surface area contributed by atoms with Crippen LogP contribution in [0.2, 0.25) is 0 Å². The predicted molar refractivity (Wildman–Crippen MR) is 136 cm³/mol. The van der Waals surface area contributed by atoms with Crippen molar-refractivity contribution in [3.8, 4) is 5.75 Å². The Morgan fingerprint density at radius 3 is 2.42 bits per heavy atom. The molecule has 0 spiro atoms. The van der Waals surface area contributed by atoms with Gasteiger partial charge in [-0.1, -0.05) is 30.3 Å². The smallest absolute Gasteiger partial charge is 0.272 e. The lowest BCUT2D eigenvalue weighted by atomic mass is 9.84. The molecule has 7 nitrogen and oxygen atoms in total. The molecule has 0 bridgehead atoms. The average molecular weight is 493 g/mol. The van der Waals surface area contributed by atoms with Gasteiger partial charge in [-0.25, -0.2) is 4.39 Å². The van der Waals surface area contributed by atoms with Gasteiger partial charge in [-0.05, 0) is 61.9 Å². The zero-order chi connectivity index (χ0) is 25.8. The number of piperidine rings is 1. The molecule has 1 aliphatic rings. The third-order valence-corrected chi connectivity index (χ3v) is 7.10. The molecule has 0 radical (unpaired) electrons. The van der Waals surface area contributed by atoms with Crippen molar-refractivity contribution in [1.29, 1.82) is 0 Å². The fourth-order valence-corrected chi connectivity index (χ4v) is 5.09. The summed E-state index contributed by atoms with van der Waals surface area (Å²) in [4.78, 5) is 30.1. The first-order chi connectivity index (χ1) is 17.3. The summed E-state index contributed by atoms with van der Waals surface area (Å²) in [6.07, 6.45) is 2.23. The van der Waals surface area contributed by atoms with Crippen LogP contribution in [0.1, 0.15) is 44.9 Å². The monoisotopic (exact) mass is 492 g/mol. The van der Waals surface area contributed by atoms with Gasteiger partial charge in [-0.15, -0.1) is 0 Å². The SMILES string of the molecule is COc1ccc(C(=O)N2CCC(C(Cc3ccccc3)N(C)C(=O)c3cc(C)nn3C)CC2)cc1F. The van der Waals surface area contributed by atoms with E-state index in [9.17, 15) is 14.0 Å². The van der Waals surface area contributed by atoms with Crippen LogP contribution >= 0.6 is 0 Å². The lowest BCUT2D eigenvalue weighted by Crippen LogP contribution is -2.48. The molecule has 1 aliphatic heterocycles. The number of amides is 2. The number of carbonyl (C=O) groups excluding carboxylic acids is 2. The van der Waals surface area contributed by atoms with Crippen molar-refractivity contribution >= 4 is 11.8 Å². The molecule has 0 N–H and O–H groups in total. The number of halogens is 1. The van der Waals surface area contributed by atoms with Gasteiger partial charge in [-0.3, -0.25) is 14.3 Å². The zero-order valence-corrected chi connectivity index (χ0v) is 21.3. The van der Waals surface area contributed by atoms with E-state index >= 15 is 0 Å². The summed E-state index contributed by atoms with van der Waals surface area (Å²) in [5.41, 5.74) is 2.83. The minimum atomic E-state index is -0.549. The number of methoxy groups -OCH3 is 1. The van der Waals surface area contributed by atoms with Gasteiger partial charge in [0.25, 0.3) is 11.8 Å². The summed E-state index contributed by atoms with van der Waals surface area (Å²) in [5, 5.41) is 4.34. The van der Waals surface area contributed by atoms with Gasteiger partial charge >= 0.3 is 0 Å². The third-order valence-electron chi connectivity index (χ3n) is 7.10. The van der Waals surface area contributed by atoms with Crippen LogP contribution in [0.25, 0.3) is 0 Å². The number of likely N-dealkylation sites (tertiary alicyclic amines) is 1. The number of hydrogen-bond acceptors (Lipinski definition) is 4. The zero-order valence-electron chi connectivity index (χ0n) is 21.3. The Hall–Kier alpha value is -3.68. The van der Waals surface area contributed by atoms with Crippen molar-refractivity contribution in [2.24, 2.45) is 13.0 Å². The summed E-state index contributed by atoms with van der Waals surface area (Å²) < 4.78 is 20.7. The van der Waals surface area contributed by atoms with E-state index in [2.05, 4.69) is 17.2 Å². The predicted octanol–water partition coefficient (Wildman–Crippen LogP) is 4.11. The first-order valence-corrected chi connectivity index (χ1v) is 12.2. The molecule has 8 heteroatoms. The number of carbonyl (C=O) groups is 2. The van der Waals surface area contributed by atoms with Crippen LogP contribution in [0.3, 0.4) is 0 Å². The number of aromatic nitrogens is 2. The summed E-state index contributed by atoms with van der Waals surface area (Å²) in [7, 11) is 5.04. The molecule has 36 heavy (non-hydrogen) atoms. The van der Waals surface area contributed by atoms with E-state index < -0.39 is 5.82 Å². The molecule has 1 atom stereocenters. The summed E-state index contributed by atoms with van der Waals surface area (Å²) in [6, 6.07) is 16.2. The molecule has 190 valence electrons. The maximum Gasteiger partial charge on any atom is 0.272 e. The second-order valence-electron chi connectivity index (χ2n) is 9.45. The highest BCUT2D eigenvalue weighted by molar-refractivity contribution is 5.94. The lowest BCUT2D eigenvalue weighted by molar-refractivity contribution is 0.0516. The highest BCUT2D eigenvalue weighted by Gasteiger charge is 2.34. The molecule has 1 unspecified atom stereocenters. The number of ether oxygens (including phenoxy) is 1. The van der Waals surface area contributed by atoms with Gasteiger partial charge in [0, 0.05) is 38.8 Å². The Balaban J connectivity index is 1.50. The molecule has 1 fully saturated rings. The molecule has 1 aromatic heterocycles. The van der Waals surface area contributed by atoms with E-state index in [0.29, 0.717) is 24.3 Å². The normalized spacial score (nSPS) is 15.0. The van der Waals surface area contributed by atoms with Crippen molar-refractivity contribution < 1.29 is 18.7 Å². The van der Waals surface area contributed by atoms with Crippen LogP contribution in [-0.4, -0.2) is 64.7 Å². The standard InChI is InChI=1S/C28H33FN4O3/c1-19-16-25(32(3)30-19)28(35)31(2)24(17-20-8-6-5-7-9-20)21-12-14-33(15-13-21)27(34)22-10-11-26(36-4)23(29)18-22/h5-11,16,18,21,24H,12-15,17H2,1-4H3. The van der Waals surface area contributed by atoms with Crippen LogP contribution in [0.15, 0.2) is 54.6 Å². The second kappa shape index (κ2) is 10.9. The minimum Gasteiger partial charge on any atom is -0.494 e. The van der Waals surface area contributed by atoms with Crippen molar-refractivity contribution in [3.05, 3.63) is 82.9 Å². The number of nitrogens with zero attached hydrogens (tertiary/aromatic N) is 4. The van der Waals surface area contributed by atoms with Crippen LogP contribution in [0.4, 0.5) is 4.39 Å². The van der Waals surface area contributed by atoms with Crippen molar-refractivity contribution in [3.63, 3.8) is 0 Å². The van der Waals surface area contributed by atoms with Crippen molar-refractivity contribution in [1.82, 2.24) is 19.6 Å². The number of hydrogen-bond donors (Lipinski definition) is 0. The van der Waals surface area contributed by atoms with E-state index in [1.165, 1.54) is 19.2 Å². The fourth-order valence-electron chi connectivity index (χ4n) is 5.09. The van der Waals surface area contributed by atoms with Gasteiger partial charge in [0.2, 0.25) is 0 Å². The molecular weight excluding hydrogens is 459 g/mol. The molecule has 4 rings (SSSR count). The van der Waals surface area contributed by atoms with E-state index in [0.717, 1.165) is 30.5 Å². The number of benzene rings is 2. The molecular formula is C28H33FN4O3. The molecule has 3 aromatic rings. The number of likely N-dealkylation sites (N-methyl/N-ethyl adjacent to an activating group) is 1. The van der Waals surface area contributed by atoms with E-state index in [4.69, 9.17) is 4.74 Å². The summed E-state index contributed by atoms with van der Waals surface area (Å²) >= 11 is 0. The highest BCUT2D eigenvalue weighted by Crippen LogP contribution is 2.29. The molecule has 2 aromatic carbocycles. The molecule has 0 saturated carbocycles. The van der Waals surface area contributed by atoms with Crippen LogP contribution in [0.5, 0.6) is 5.75 Å². The van der Waals surface area contributed by atoms with Gasteiger partial charge < -0.3 is 14.5 Å². The summed E-state index contributed by atoms with van der Waals surface area (Å²) in [5.74, 6) is -0.474. The topological polar surface area (TPSA) is 67.7 Å². The largest absolute Gasteiger partial charge is 0.494 e. The Labute approximate surface area is 211 Å². The van der Waals surface area contributed by atoms with E-state index in [1.54, 1.807) is 22.7 Å². The first kappa shape index (κ1) is 25.4. The van der Waals surface area contributed by atoms with Gasteiger partial charge in [0.05, 0.1) is 12.8 Å². The minimum absolute atomic E-state index is 0.0363. The highest BCUT2D eigenvalue weighted by atomic mass is 19.1. The maximum atomic E-state index is 14.1. The average Bonchev–Trinajstić information content (AvgIpc) is 3.24. The van der Waals surface area contributed by atoms with Gasteiger partial charge in [0.15, 0.2) is 11.6 Å². The van der Waals surface area contributed by atoms with Gasteiger partial charge in [0.1, 0.15) is 5.69 Å². The van der Waals surface area contributed by atoms with Crippen LogP contribution < -0.4 is 4.74 Å². The lowest BCUT2D eigenvalue weighted by Gasteiger charge is -2.40.